The zero-order chi connectivity index (χ0) is 16.1. The first kappa shape index (κ1) is 17.6. The molecule has 0 aromatic carbocycles. The molecule has 0 radical (unpaired) electrons. The second-order valence-electron chi connectivity index (χ2n) is 6.50. The minimum absolute atomic E-state index is 0.0621. The van der Waals surface area contributed by atoms with Gasteiger partial charge in [-0.3, -0.25) is 14.6 Å². The highest BCUT2D eigenvalue weighted by atomic mass is 16.5. The van der Waals surface area contributed by atoms with Crippen molar-refractivity contribution in [3.05, 3.63) is 0 Å². The van der Waals surface area contributed by atoms with E-state index in [0.717, 1.165) is 32.5 Å². The number of likely N-dealkylation sites (N-methyl/N-ethyl adjacent to an activating group) is 2. The van der Waals surface area contributed by atoms with E-state index in [1.165, 1.54) is 0 Å². The van der Waals surface area contributed by atoms with Crippen molar-refractivity contribution >= 4 is 5.91 Å². The molecular formula is C15H29N3O4. The van der Waals surface area contributed by atoms with Gasteiger partial charge in [-0.1, -0.05) is 0 Å². The Hall–Kier alpha value is -0.730. The minimum Gasteiger partial charge on any atom is -0.389 e. The summed E-state index contributed by atoms with van der Waals surface area (Å²) in [6.45, 7) is 3.89. The zero-order valence-electron chi connectivity index (χ0n) is 13.6. The van der Waals surface area contributed by atoms with Crippen molar-refractivity contribution in [2.24, 2.45) is 5.92 Å². The van der Waals surface area contributed by atoms with E-state index in [1.807, 2.05) is 7.05 Å². The van der Waals surface area contributed by atoms with Crippen LogP contribution in [0.4, 0.5) is 0 Å². The highest BCUT2D eigenvalue weighted by molar-refractivity contribution is 5.77. The number of piperidine rings is 1. The molecule has 128 valence electrons. The number of hydrogen-bond acceptors (Lipinski definition) is 6. The Kier molecular flexibility index (Phi) is 6.58. The topological polar surface area (TPSA) is 85.3 Å². The van der Waals surface area contributed by atoms with Gasteiger partial charge in [0.05, 0.1) is 31.9 Å². The van der Waals surface area contributed by atoms with Crippen LogP contribution in [0.1, 0.15) is 12.8 Å². The van der Waals surface area contributed by atoms with Crippen LogP contribution in [0.5, 0.6) is 0 Å². The highest BCUT2D eigenvalue weighted by Crippen LogP contribution is 2.21. The molecule has 1 amide bonds. The fourth-order valence-corrected chi connectivity index (χ4v) is 3.30. The van der Waals surface area contributed by atoms with E-state index in [1.54, 1.807) is 7.05 Å². The molecule has 2 aliphatic rings. The van der Waals surface area contributed by atoms with Crippen LogP contribution in [-0.4, -0.2) is 97.7 Å². The SMILES string of the molecule is CNC(=O)CN1CCC(CN(C)[C@@H]2COC[C@@H](O)[C@H]2O)CC1. The molecule has 7 nitrogen and oxygen atoms in total. The summed E-state index contributed by atoms with van der Waals surface area (Å²) in [5, 5.41) is 22.4. The molecule has 22 heavy (non-hydrogen) atoms. The third-order valence-electron chi connectivity index (χ3n) is 4.83. The van der Waals surface area contributed by atoms with Gasteiger partial charge in [0.1, 0.15) is 6.10 Å². The van der Waals surface area contributed by atoms with Crippen LogP contribution in [0, 0.1) is 5.92 Å². The van der Waals surface area contributed by atoms with Crippen molar-refractivity contribution in [3.63, 3.8) is 0 Å². The Balaban J connectivity index is 1.74. The lowest BCUT2D eigenvalue weighted by atomic mass is 9.94. The maximum absolute atomic E-state index is 11.4. The summed E-state index contributed by atoms with van der Waals surface area (Å²) in [7, 11) is 3.64. The van der Waals surface area contributed by atoms with Crippen molar-refractivity contribution in [1.82, 2.24) is 15.1 Å². The number of likely N-dealkylation sites (tertiary alicyclic amines) is 1. The first-order valence-corrected chi connectivity index (χ1v) is 8.08. The van der Waals surface area contributed by atoms with Crippen LogP contribution >= 0.6 is 0 Å². The molecule has 0 spiro atoms. The normalized spacial score (nSPS) is 31.4. The lowest BCUT2D eigenvalue weighted by Crippen LogP contribution is -2.56. The predicted octanol–water partition coefficient (Wildman–Crippen LogP) is -1.50. The Labute approximate surface area is 132 Å². The number of rotatable bonds is 5. The van der Waals surface area contributed by atoms with Gasteiger partial charge < -0.3 is 20.3 Å². The van der Waals surface area contributed by atoms with Gasteiger partial charge in [-0.25, -0.2) is 0 Å². The summed E-state index contributed by atoms with van der Waals surface area (Å²) in [4.78, 5) is 15.7. The smallest absolute Gasteiger partial charge is 0.233 e. The molecule has 2 heterocycles. The molecule has 3 N–H and O–H groups in total. The highest BCUT2D eigenvalue weighted by Gasteiger charge is 2.35. The number of nitrogens with zero attached hydrogens (tertiary/aromatic N) is 2. The second-order valence-corrected chi connectivity index (χ2v) is 6.50. The summed E-state index contributed by atoms with van der Waals surface area (Å²) in [5.41, 5.74) is 0. The lowest BCUT2D eigenvalue weighted by Gasteiger charge is -2.40. The van der Waals surface area contributed by atoms with E-state index in [-0.39, 0.29) is 18.6 Å². The molecule has 2 rings (SSSR count). The quantitative estimate of drug-likeness (QED) is 0.572. The Morgan fingerprint density at radius 1 is 1.32 bits per heavy atom. The van der Waals surface area contributed by atoms with Gasteiger partial charge in [-0.05, 0) is 38.9 Å². The lowest BCUT2D eigenvalue weighted by molar-refractivity contribution is -0.131. The molecule has 0 saturated carbocycles. The third kappa shape index (κ3) is 4.63. The zero-order valence-corrected chi connectivity index (χ0v) is 13.6. The molecule has 0 aromatic rings. The summed E-state index contributed by atoms with van der Waals surface area (Å²) >= 11 is 0. The number of amides is 1. The molecule has 0 aliphatic carbocycles. The average Bonchev–Trinajstić information content (AvgIpc) is 2.51. The Morgan fingerprint density at radius 3 is 2.64 bits per heavy atom. The first-order chi connectivity index (χ1) is 10.5. The maximum Gasteiger partial charge on any atom is 0.233 e. The van der Waals surface area contributed by atoms with Gasteiger partial charge in [0.15, 0.2) is 0 Å². The fourth-order valence-electron chi connectivity index (χ4n) is 3.30. The molecular weight excluding hydrogens is 286 g/mol. The summed E-state index contributed by atoms with van der Waals surface area (Å²) < 4.78 is 5.34. The molecule has 0 unspecified atom stereocenters. The number of nitrogens with one attached hydrogen (secondary N) is 1. The number of carbonyl (C=O) groups is 1. The van der Waals surface area contributed by atoms with Crippen molar-refractivity contribution in [3.8, 4) is 0 Å². The summed E-state index contributed by atoms with van der Waals surface area (Å²) in [5.74, 6) is 0.615. The first-order valence-electron chi connectivity index (χ1n) is 8.08. The number of carbonyl (C=O) groups excluding carboxylic acids is 1. The number of hydrogen-bond donors (Lipinski definition) is 3. The van der Waals surface area contributed by atoms with Crippen LogP contribution in [0.3, 0.4) is 0 Å². The van der Waals surface area contributed by atoms with Gasteiger partial charge in [0.2, 0.25) is 5.91 Å². The van der Waals surface area contributed by atoms with Crippen LogP contribution in [-0.2, 0) is 9.53 Å². The van der Waals surface area contributed by atoms with Crippen molar-refractivity contribution in [1.29, 1.82) is 0 Å². The van der Waals surface area contributed by atoms with E-state index in [2.05, 4.69) is 15.1 Å². The number of aliphatic hydroxyl groups is 2. The van der Waals surface area contributed by atoms with E-state index in [4.69, 9.17) is 4.74 Å². The predicted molar refractivity (Wildman–Crippen MR) is 82.5 cm³/mol. The van der Waals surface area contributed by atoms with E-state index >= 15 is 0 Å². The monoisotopic (exact) mass is 315 g/mol. The Morgan fingerprint density at radius 2 is 2.00 bits per heavy atom. The molecule has 2 saturated heterocycles. The molecule has 3 atom stereocenters. The Bertz CT molecular complexity index is 361. The summed E-state index contributed by atoms with van der Waals surface area (Å²) in [6, 6.07) is -0.146. The molecule has 2 aliphatic heterocycles. The van der Waals surface area contributed by atoms with Crippen LogP contribution in [0.15, 0.2) is 0 Å². The molecule has 2 fully saturated rings. The molecule has 7 heteroatoms. The minimum atomic E-state index is -0.796. The molecule has 0 bridgehead atoms. The van der Waals surface area contributed by atoms with E-state index in [9.17, 15) is 15.0 Å². The van der Waals surface area contributed by atoms with E-state index < -0.39 is 12.2 Å². The van der Waals surface area contributed by atoms with Crippen LogP contribution in [0.2, 0.25) is 0 Å². The second kappa shape index (κ2) is 8.21. The standard InChI is InChI=1S/C15H29N3O4/c1-16-14(20)8-18-5-3-11(4-6-18)7-17(2)12-9-22-10-13(19)15(12)21/h11-13,15,19,21H,3-10H2,1-2H3,(H,16,20)/t12-,13-,15+/m1/s1. The van der Waals surface area contributed by atoms with Crippen molar-refractivity contribution in [2.75, 3.05) is 53.5 Å². The van der Waals surface area contributed by atoms with Gasteiger partial charge >= 0.3 is 0 Å². The fraction of sp³-hybridized carbons (Fsp3) is 0.933. The van der Waals surface area contributed by atoms with Gasteiger partial charge in [-0.2, -0.15) is 0 Å². The maximum atomic E-state index is 11.4. The van der Waals surface area contributed by atoms with Gasteiger partial charge in [0, 0.05) is 13.6 Å². The molecule has 0 aromatic heterocycles. The van der Waals surface area contributed by atoms with Crippen molar-refractivity contribution in [2.45, 2.75) is 31.1 Å². The van der Waals surface area contributed by atoms with Crippen LogP contribution in [0.25, 0.3) is 0 Å². The van der Waals surface area contributed by atoms with Crippen molar-refractivity contribution < 1.29 is 19.7 Å². The van der Waals surface area contributed by atoms with Gasteiger partial charge in [0.25, 0.3) is 0 Å². The van der Waals surface area contributed by atoms with Crippen LogP contribution < -0.4 is 5.32 Å². The number of aliphatic hydroxyl groups excluding tert-OH is 2. The number of ether oxygens (including phenoxy) is 1. The average molecular weight is 315 g/mol. The van der Waals surface area contributed by atoms with E-state index in [0.29, 0.717) is 19.1 Å². The largest absolute Gasteiger partial charge is 0.389 e. The summed E-state index contributed by atoms with van der Waals surface area (Å²) in [6.07, 6.45) is 0.559. The van der Waals surface area contributed by atoms with Gasteiger partial charge in [-0.15, -0.1) is 0 Å². The third-order valence-corrected chi connectivity index (χ3v) is 4.83.